The fraction of sp³-hybridized carbons (Fsp3) is 0.974. The van der Waals surface area contributed by atoms with Gasteiger partial charge in [-0.15, -0.1) is 0 Å². The van der Waals surface area contributed by atoms with Gasteiger partial charge in [-0.3, -0.25) is 0 Å². The third kappa shape index (κ3) is 4.18. The Kier molecular flexibility index (Phi) is 7.57. The third-order valence-electron chi connectivity index (χ3n) is 16.3. The normalized spacial score (nSPS) is 52.7. The van der Waals surface area contributed by atoms with Crippen molar-refractivity contribution in [1.29, 1.82) is 0 Å². The lowest BCUT2D eigenvalue weighted by atomic mass is 9.41. The highest BCUT2D eigenvalue weighted by molar-refractivity contribution is 5.68. The van der Waals surface area contributed by atoms with Crippen LogP contribution in [0.4, 0.5) is 4.79 Å². The van der Waals surface area contributed by atoms with Gasteiger partial charge in [-0.2, -0.15) is 0 Å². The Morgan fingerprint density at radius 1 is 1.02 bits per heavy atom. The number of nitrogens with zero attached hydrogens (tertiary/aromatic N) is 1. The largest absolute Gasteiger partial charge is 0.443 e. The molecule has 8 aliphatic rings. The van der Waals surface area contributed by atoms with Gasteiger partial charge < -0.3 is 34.3 Å². The van der Waals surface area contributed by atoms with Crippen LogP contribution >= 0.6 is 0 Å². The van der Waals surface area contributed by atoms with E-state index in [2.05, 4.69) is 53.8 Å². The Morgan fingerprint density at radius 3 is 2.43 bits per heavy atom. The van der Waals surface area contributed by atoms with E-state index in [9.17, 15) is 9.90 Å². The number of morpholine rings is 1. The molecule has 3 heterocycles. The number of carbonyl (C=O) groups excluding carboxylic acids is 1. The first-order valence-corrected chi connectivity index (χ1v) is 19.1. The van der Waals surface area contributed by atoms with Crippen molar-refractivity contribution >= 4 is 6.09 Å². The summed E-state index contributed by atoms with van der Waals surface area (Å²) in [5, 5.41) is 16.1. The van der Waals surface area contributed by atoms with E-state index in [1.165, 1.54) is 38.5 Å². The molecule has 14 atom stereocenters. The lowest BCUT2D eigenvalue weighted by molar-refractivity contribution is -0.237. The second kappa shape index (κ2) is 10.8. The molecule has 0 aromatic heterocycles. The molecule has 2 spiro atoms. The lowest BCUT2D eigenvalue weighted by Crippen LogP contribution is -2.60. The molecule has 1 amide bonds. The minimum Gasteiger partial charge on any atom is -0.443 e. The standard InChI is InChI=1S/C38H62N2O6/c1-22(2)30(46-33(42)40-16-8-17-40)24-19-23(3)29-31(44-24)32(41)36(7)26-10-9-25-34(4,5)27(45-28-20-39-15-18-43-28)11-12-37(25)21-38(26,37)14-13-35(29,36)6/h22-32,39,41H,8-21H2,1-7H3/t23-,24-,25+,26+,27?,28+,29+,30-,31+,32+,35-,36-,37-,38?/m1/s1. The van der Waals surface area contributed by atoms with Gasteiger partial charge in [0.25, 0.3) is 0 Å². The van der Waals surface area contributed by atoms with Gasteiger partial charge in [0, 0.05) is 31.6 Å². The van der Waals surface area contributed by atoms with E-state index < -0.39 is 6.10 Å². The number of aliphatic hydroxyl groups is 1. The van der Waals surface area contributed by atoms with Gasteiger partial charge in [0.1, 0.15) is 6.10 Å². The summed E-state index contributed by atoms with van der Waals surface area (Å²) >= 11 is 0. The molecule has 2 N–H and O–H groups in total. The number of amides is 1. The van der Waals surface area contributed by atoms with Crippen LogP contribution in [0.2, 0.25) is 0 Å². The van der Waals surface area contributed by atoms with Crippen LogP contribution in [0.5, 0.6) is 0 Å². The molecule has 260 valence electrons. The SMILES string of the molecule is CC(C)[C@@H](OC(=O)N1CCC1)[C@H]1C[C@@H](C)[C@H]2[C@H](O1)[C@H](O)[C@@]1(C)[C@@H]3CC[C@H]4C(C)(C)C(O[C@H]5CNCCO5)CC[C@@]45CC35CC[C@]21C. The molecule has 0 aromatic carbocycles. The molecular weight excluding hydrogens is 580 g/mol. The molecule has 0 aromatic rings. The summed E-state index contributed by atoms with van der Waals surface area (Å²) in [6, 6.07) is 0. The van der Waals surface area contributed by atoms with Crippen LogP contribution in [0.25, 0.3) is 0 Å². The summed E-state index contributed by atoms with van der Waals surface area (Å²) in [4.78, 5) is 14.7. The average Bonchev–Trinajstić information content (AvgIpc) is 3.61. The second-order valence-corrected chi connectivity index (χ2v) is 18.6. The molecule has 8 rings (SSSR count). The van der Waals surface area contributed by atoms with Crippen molar-refractivity contribution in [3.05, 3.63) is 0 Å². The number of ether oxygens (including phenoxy) is 4. The van der Waals surface area contributed by atoms with Crippen LogP contribution < -0.4 is 5.32 Å². The van der Waals surface area contributed by atoms with Crippen LogP contribution in [0.1, 0.15) is 106 Å². The van der Waals surface area contributed by atoms with Gasteiger partial charge in [0.05, 0.1) is 31.0 Å². The molecule has 5 aliphatic carbocycles. The van der Waals surface area contributed by atoms with E-state index in [0.717, 1.165) is 52.0 Å². The van der Waals surface area contributed by atoms with Crippen molar-refractivity contribution in [2.24, 2.45) is 56.7 Å². The predicted molar refractivity (Wildman–Crippen MR) is 175 cm³/mol. The number of likely N-dealkylation sites (tertiary alicyclic amines) is 1. The molecular formula is C38H62N2O6. The van der Waals surface area contributed by atoms with Crippen molar-refractivity contribution in [3.63, 3.8) is 0 Å². The fourth-order valence-corrected chi connectivity index (χ4v) is 13.9. The van der Waals surface area contributed by atoms with Gasteiger partial charge in [0.2, 0.25) is 0 Å². The summed E-state index contributed by atoms with van der Waals surface area (Å²) in [7, 11) is 0. The third-order valence-corrected chi connectivity index (χ3v) is 16.3. The molecule has 8 fully saturated rings. The molecule has 0 bridgehead atoms. The summed E-state index contributed by atoms with van der Waals surface area (Å²) in [5.41, 5.74) is 0.614. The number of hydrogen-bond donors (Lipinski definition) is 2. The Hall–Kier alpha value is -0.930. The average molecular weight is 643 g/mol. The summed E-state index contributed by atoms with van der Waals surface area (Å²) in [5.74, 6) is 2.02. The molecule has 8 heteroatoms. The molecule has 5 saturated carbocycles. The van der Waals surface area contributed by atoms with E-state index >= 15 is 0 Å². The number of rotatable bonds is 5. The summed E-state index contributed by atoms with van der Waals surface area (Å²) in [6.45, 7) is 20.6. The minimum absolute atomic E-state index is 0.0246. The van der Waals surface area contributed by atoms with Crippen LogP contribution in [-0.2, 0) is 18.9 Å². The first-order valence-electron chi connectivity index (χ1n) is 19.1. The van der Waals surface area contributed by atoms with Crippen molar-refractivity contribution in [2.75, 3.05) is 32.8 Å². The number of carbonyl (C=O) groups is 1. The van der Waals surface area contributed by atoms with E-state index in [0.29, 0.717) is 34.5 Å². The summed E-state index contributed by atoms with van der Waals surface area (Å²) < 4.78 is 25.9. The molecule has 3 saturated heterocycles. The van der Waals surface area contributed by atoms with Crippen LogP contribution in [0.15, 0.2) is 0 Å². The molecule has 46 heavy (non-hydrogen) atoms. The zero-order chi connectivity index (χ0) is 32.4. The van der Waals surface area contributed by atoms with Crippen molar-refractivity contribution in [3.8, 4) is 0 Å². The van der Waals surface area contributed by atoms with Gasteiger partial charge in [0.15, 0.2) is 6.29 Å². The zero-order valence-corrected chi connectivity index (χ0v) is 29.7. The van der Waals surface area contributed by atoms with Gasteiger partial charge in [-0.1, -0.05) is 48.5 Å². The first kappa shape index (κ1) is 32.3. The van der Waals surface area contributed by atoms with Gasteiger partial charge in [-0.05, 0) is 109 Å². The van der Waals surface area contributed by atoms with Crippen molar-refractivity contribution in [2.45, 2.75) is 143 Å². The fourth-order valence-electron chi connectivity index (χ4n) is 13.9. The van der Waals surface area contributed by atoms with Crippen molar-refractivity contribution in [1.82, 2.24) is 10.2 Å². The maximum absolute atomic E-state index is 12.9. The Balaban J connectivity index is 1.04. The Labute approximate surface area is 277 Å². The van der Waals surface area contributed by atoms with Crippen LogP contribution in [0, 0.1) is 56.7 Å². The van der Waals surface area contributed by atoms with Crippen molar-refractivity contribution < 1.29 is 28.8 Å². The summed E-state index contributed by atoms with van der Waals surface area (Å²) in [6.07, 6.45) is 9.16. The van der Waals surface area contributed by atoms with E-state index in [1.54, 1.807) is 4.90 Å². The molecule has 0 radical (unpaired) electrons. The predicted octanol–water partition coefficient (Wildman–Crippen LogP) is 6.00. The monoisotopic (exact) mass is 642 g/mol. The Morgan fingerprint density at radius 2 is 1.76 bits per heavy atom. The highest BCUT2D eigenvalue weighted by Gasteiger charge is 2.84. The highest BCUT2D eigenvalue weighted by Crippen LogP contribution is 2.89. The maximum Gasteiger partial charge on any atom is 0.410 e. The maximum atomic E-state index is 12.9. The quantitative estimate of drug-likeness (QED) is 0.381. The molecule has 8 nitrogen and oxygen atoms in total. The van der Waals surface area contributed by atoms with E-state index in [1.807, 2.05) is 0 Å². The number of fused-ring (bicyclic) bond motifs is 4. The topological polar surface area (TPSA) is 89.5 Å². The van der Waals surface area contributed by atoms with Gasteiger partial charge in [-0.25, -0.2) is 4.79 Å². The Bertz CT molecular complexity index is 1200. The van der Waals surface area contributed by atoms with E-state index in [-0.39, 0.29) is 59.0 Å². The number of aliphatic hydroxyl groups excluding tert-OH is 1. The smallest absolute Gasteiger partial charge is 0.410 e. The van der Waals surface area contributed by atoms with Crippen LogP contribution in [0.3, 0.4) is 0 Å². The minimum atomic E-state index is -0.508. The number of hydrogen-bond acceptors (Lipinski definition) is 7. The zero-order valence-electron chi connectivity index (χ0n) is 29.7. The van der Waals surface area contributed by atoms with Gasteiger partial charge >= 0.3 is 6.09 Å². The van der Waals surface area contributed by atoms with Crippen LogP contribution in [-0.4, -0.2) is 85.7 Å². The van der Waals surface area contributed by atoms with E-state index in [4.69, 9.17) is 18.9 Å². The lowest BCUT2D eigenvalue weighted by Gasteiger charge is -2.63. The number of nitrogens with one attached hydrogen (secondary N) is 1. The second-order valence-electron chi connectivity index (χ2n) is 18.6. The molecule has 3 aliphatic heterocycles. The molecule has 2 unspecified atom stereocenters. The highest BCUT2D eigenvalue weighted by atomic mass is 16.7. The first-order chi connectivity index (χ1) is 21.8.